The molecule has 0 saturated carbocycles. The summed E-state index contributed by atoms with van der Waals surface area (Å²) in [6, 6.07) is 2.54. The number of primary amides is 1. The molecule has 9 amide bonds. The number of nitro groups is 1. The zero-order valence-corrected chi connectivity index (χ0v) is 43.3. The first-order valence-corrected chi connectivity index (χ1v) is 25.4. The highest BCUT2D eigenvalue weighted by Gasteiger charge is 2.35. The van der Waals surface area contributed by atoms with Crippen molar-refractivity contribution in [3.05, 3.63) is 76.0 Å². The Hall–Kier alpha value is -8.89. The minimum Gasteiger partial charge on any atom is -0.370 e. The van der Waals surface area contributed by atoms with Crippen LogP contribution in [0.4, 0.5) is 5.69 Å². The van der Waals surface area contributed by atoms with Gasteiger partial charge in [-0.05, 0) is 81.5 Å². The minimum atomic E-state index is -1.62. The Morgan fingerprint density at radius 3 is 2.01 bits per heavy atom. The third-order valence-electron chi connectivity index (χ3n) is 12.4. The number of para-hydroxylation sites is 1. The highest BCUT2D eigenvalue weighted by molar-refractivity contribution is 5.98. The first kappa shape index (κ1) is 61.7. The number of carbonyl (C=O) groups is 9. The van der Waals surface area contributed by atoms with E-state index in [0.717, 1.165) is 10.9 Å². The Morgan fingerprint density at radius 1 is 0.744 bits per heavy atom. The van der Waals surface area contributed by atoms with Gasteiger partial charge >= 0.3 is 0 Å². The summed E-state index contributed by atoms with van der Waals surface area (Å²) in [4.78, 5) is 146. The Balaban J connectivity index is 1.79. The largest absolute Gasteiger partial charge is 0.370 e. The van der Waals surface area contributed by atoms with Crippen LogP contribution in [0.2, 0.25) is 0 Å². The zero-order chi connectivity index (χ0) is 57.3. The summed E-state index contributed by atoms with van der Waals surface area (Å²) in [6.45, 7) is 1.12. The van der Waals surface area contributed by atoms with Gasteiger partial charge in [-0.3, -0.25) is 63.2 Å². The third-order valence-corrected chi connectivity index (χ3v) is 12.4. The maximum atomic E-state index is 14.7. The second-order valence-corrected chi connectivity index (χ2v) is 18.6. The number of aromatic amines is 1. The van der Waals surface area contributed by atoms with E-state index in [1.54, 1.807) is 24.4 Å². The molecule has 424 valence electrons. The van der Waals surface area contributed by atoms with Crippen LogP contribution in [0.15, 0.2) is 64.7 Å². The van der Waals surface area contributed by atoms with Crippen molar-refractivity contribution in [2.45, 2.75) is 126 Å². The SMILES string of the molecule is CC(=O)N[C@@H](CCCN=C(N)N)C(=O)N[C@H]1CCCC(=O)NCCC[C@@H](C(N)=O)NC(=O)[C@H](Cc2c[nH]c3ccccc23)NC(=O)[C@H](CCCN=C(N)N)NC(=O)[C@@H](Cc2cccc([N+](=O)[O-])c2)NC(=O)[C@H](CCN)NC1=O. The van der Waals surface area contributed by atoms with E-state index >= 15 is 0 Å². The van der Waals surface area contributed by atoms with Crippen molar-refractivity contribution in [2.24, 2.45) is 44.4 Å². The van der Waals surface area contributed by atoms with Crippen LogP contribution < -0.4 is 76.9 Å². The van der Waals surface area contributed by atoms with E-state index in [9.17, 15) is 53.3 Å². The number of nitro benzene ring substituents is 1. The van der Waals surface area contributed by atoms with E-state index in [0.29, 0.717) is 5.56 Å². The molecule has 7 atom stereocenters. The molecule has 0 bridgehead atoms. The van der Waals surface area contributed by atoms with E-state index in [1.807, 2.05) is 6.07 Å². The number of H-pyrrole nitrogens is 1. The van der Waals surface area contributed by atoms with Crippen LogP contribution in [-0.2, 0) is 56.0 Å². The molecule has 21 N–H and O–H groups in total. The first-order chi connectivity index (χ1) is 37.1. The van der Waals surface area contributed by atoms with Gasteiger partial charge in [-0.15, -0.1) is 0 Å². The number of carbonyl (C=O) groups excluding carboxylic acids is 9. The van der Waals surface area contributed by atoms with Crippen molar-refractivity contribution in [1.29, 1.82) is 0 Å². The van der Waals surface area contributed by atoms with Crippen molar-refractivity contribution in [3.63, 3.8) is 0 Å². The summed E-state index contributed by atoms with van der Waals surface area (Å²) in [5.41, 5.74) is 34.9. The van der Waals surface area contributed by atoms with Crippen molar-refractivity contribution < 1.29 is 48.1 Å². The molecule has 2 heterocycles. The Morgan fingerprint density at radius 2 is 1.36 bits per heavy atom. The van der Waals surface area contributed by atoms with E-state index in [2.05, 4.69) is 57.5 Å². The number of benzene rings is 2. The molecule has 1 aliphatic rings. The van der Waals surface area contributed by atoms with Gasteiger partial charge in [0, 0.05) is 75.1 Å². The highest BCUT2D eigenvalue weighted by Crippen LogP contribution is 2.20. The number of non-ortho nitro benzene ring substituents is 1. The predicted molar refractivity (Wildman–Crippen MR) is 287 cm³/mol. The van der Waals surface area contributed by atoms with Crippen LogP contribution in [0.1, 0.15) is 82.3 Å². The van der Waals surface area contributed by atoms with Gasteiger partial charge in [-0.1, -0.05) is 30.3 Å². The molecule has 29 heteroatoms. The molecule has 1 fully saturated rings. The average Bonchev–Trinajstić information content (AvgIpc) is 3.80. The Labute approximate surface area is 448 Å². The molecule has 3 aromatic rings. The number of guanidine groups is 2. The molecule has 4 rings (SSSR count). The number of rotatable bonds is 19. The van der Waals surface area contributed by atoms with Gasteiger partial charge in [0.1, 0.15) is 42.3 Å². The first-order valence-electron chi connectivity index (χ1n) is 25.4. The molecule has 2 aromatic carbocycles. The Kier molecular flexibility index (Phi) is 24.7. The van der Waals surface area contributed by atoms with E-state index < -0.39 is 107 Å². The van der Waals surface area contributed by atoms with Crippen LogP contribution in [0, 0.1) is 10.1 Å². The van der Waals surface area contributed by atoms with Gasteiger partial charge in [0.2, 0.25) is 53.2 Å². The van der Waals surface area contributed by atoms with Gasteiger partial charge in [0.15, 0.2) is 11.9 Å². The van der Waals surface area contributed by atoms with Gasteiger partial charge in [-0.25, -0.2) is 0 Å². The quantitative estimate of drug-likeness (QED) is 0.0181. The van der Waals surface area contributed by atoms with Crippen molar-refractivity contribution in [3.8, 4) is 0 Å². The normalized spacial score (nSPS) is 20.8. The number of hydrogen-bond acceptors (Lipinski definition) is 14. The molecule has 1 saturated heterocycles. The number of amides is 9. The summed E-state index contributed by atoms with van der Waals surface area (Å²) in [5.74, 6) is -7.77. The molecule has 29 nitrogen and oxygen atoms in total. The summed E-state index contributed by atoms with van der Waals surface area (Å²) >= 11 is 0. The maximum Gasteiger partial charge on any atom is 0.269 e. The second-order valence-electron chi connectivity index (χ2n) is 18.6. The highest BCUT2D eigenvalue weighted by atomic mass is 16.6. The average molecular weight is 1090 g/mol. The van der Waals surface area contributed by atoms with E-state index in [-0.39, 0.29) is 120 Å². The maximum absolute atomic E-state index is 14.7. The van der Waals surface area contributed by atoms with Gasteiger partial charge in [-0.2, -0.15) is 0 Å². The number of nitrogens with one attached hydrogen (secondary N) is 9. The third kappa shape index (κ3) is 20.7. The number of aliphatic imine (C=N–C) groups is 2. The molecular weight excluding hydrogens is 1020 g/mol. The monoisotopic (exact) mass is 1090 g/mol. The molecule has 1 aromatic heterocycles. The molecule has 78 heavy (non-hydrogen) atoms. The topological polar surface area (TPSA) is 490 Å². The number of fused-ring (bicyclic) bond motifs is 1. The lowest BCUT2D eigenvalue weighted by atomic mass is 10.0. The van der Waals surface area contributed by atoms with E-state index in [1.165, 1.54) is 31.2 Å². The van der Waals surface area contributed by atoms with Crippen molar-refractivity contribution in [2.75, 3.05) is 26.2 Å². The number of hydrogen-bond donors (Lipinski definition) is 15. The predicted octanol–water partition coefficient (Wildman–Crippen LogP) is -3.70. The van der Waals surface area contributed by atoms with Crippen LogP contribution in [0.3, 0.4) is 0 Å². The van der Waals surface area contributed by atoms with Gasteiger partial charge in [0.05, 0.1) is 4.92 Å². The molecule has 0 aliphatic carbocycles. The molecule has 1 aliphatic heterocycles. The van der Waals surface area contributed by atoms with Crippen molar-refractivity contribution >= 4 is 81.7 Å². The summed E-state index contributed by atoms with van der Waals surface area (Å²) in [5, 5.41) is 33.6. The zero-order valence-electron chi connectivity index (χ0n) is 43.3. The summed E-state index contributed by atoms with van der Waals surface area (Å²) in [7, 11) is 0. The second kappa shape index (κ2) is 31.2. The van der Waals surface area contributed by atoms with Crippen LogP contribution >= 0.6 is 0 Å². The lowest BCUT2D eigenvalue weighted by Crippen LogP contribution is -2.60. The lowest BCUT2D eigenvalue weighted by Gasteiger charge is -2.28. The smallest absolute Gasteiger partial charge is 0.269 e. The molecule has 0 unspecified atom stereocenters. The standard InChI is InChI=1S/C49H72N18O11/c1-27(68)60-34(15-7-21-57-48(52)53)42(71)62-35-13-5-17-40(69)56-20-6-14-33(41(51)70)61-47(76)39(25-29-26-59-32-12-3-2-11-31(29)32)66-44(73)36(16-8-22-58-49(54)55)63-46(75)38(24-28-9-4-10-30(23-28)67(77)78)65-45(74)37(18-19-50)64-43(35)72/h2-4,9-12,23,26,33-39,59H,5-8,13-22,24-25,50H2,1H3,(H2,51,70)(H,56,69)(H,60,68)(H,61,76)(H,62,71)(H,63,75)(H,64,72)(H,65,74)(H,66,73)(H4,52,53,57)(H4,54,55,58)/t33-,34-,35-,36-,37-,38+,39-/m0/s1. The van der Waals surface area contributed by atoms with Gasteiger partial charge in [0.25, 0.3) is 5.69 Å². The van der Waals surface area contributed by atoms with Gasteiger partial charge < -0.3 is 81.9 Å². The number of aromatic nitrogens is 1. The lowest BCUT2D eigenvalue weighted by molar-refractivity contribution is -0.384. The number of nitrogens with zero attached hydrogens (tertiary/aromatic N) is 3. The molecular formula is C49H72N18O11. The Bertz CT molecular complexity index is 2670. The van der Waals surface area contributed by atoms with Crippen LogP contribution in [-0.4, -0.2) is 143 Å². The van der Waals surface area contributed by atoms with Crippen LogP contribution in [0.5, 0.6) is 0 Å². The van der Waals surface area contributed by atoms with E-state index in [4.69, 9.17) is 34.4 Å². The fourth-order valence-corrected chi connectivity index (χ4v) is 8.47. The minimum absolute atomic E-state index is 0.00463. The fraction of sp³-hybridized carbons (Fsp3) is 0.490. The molecule has 0 spiro atoms. The van der Waals surface area contributed by atoms with Crippen molar-refractivity contribution in [1.82, 2.24) is 47.5 Å². The fourth-order valence-electron chi connectivity index (χ4n) is 8.47. The molecule has 0 radical (unpaired) electrons. The summed E-state index contributed by atoms with van der Waals surface area (Å²) < 4.78 is 0. The van der Waals surface area contributed by atoms with Crippen LogP contribution in [0.25, 0.3) is 10.9 Å². The summed E-state index contributed by atoms with van der Waals surface area (Å²) in [6.07, 6.45) is 0.846. The number of nitrogens with two attached hydrogens (primary N) is 6.